The molecule has 82 valence electrons. The van der Waals surface area contributed by atoms with Crippen LogP contribution in [0.5, 0.6) is 0 Å². The van der Waals surface area contributed by atoms with Crippen molar-refractivity contribution in [2.24, 2.45) is 0 Å². The zero-order chi connectivity index (χ0) is 11.7. The molecule has 0 radical (unpaired) electrons. The van der Waals surface area contributed by atoms with Gasteiger partial charge < -0.3 is 9.52 Å². The van der Waals surface area contributed by atoms with Crippen molar-refractivity contribution in [3.63, 3.8) is 0 Å². The number of oxazole rings is 1. The molecule has 0 aliphatic rings. The predicted octanol–water partition coefficient (Wildman–Crippen LogP) is 1.61. The lowest BCUT2D eigenvalue weighted by Crippen LogP contribution is -1.95. The third-order valence-corrected chi connectivity index (χ3v) is 2.16. The van der Waals surface area contributed by atoms with Crippen LogP contribution in [0.2, 0.25) is 0 Å². The second kappa shape index (κ2) is 3.69. The molecule has 0 fully saturated rings. The van der Waals surface area contributed by atoms with Crippen molar-refractivity contribution in [2.75, 3.05) is 0 Å². The molecule has 1 aromatic heterocycles. The lowest BCUT2D eigenvalue weighted by molar-refractivity contribution is -0.132. The highest BCUT2D eigenvalue weighted by Crippen LogP contribution is 2.14. The first-order chi connectivity index (χ1) is 7.56. The summed E-state index contributed by atoms with van der Waals surface area (Å²) in [7, 11) is 0. The zero-order valence-electron chi connectivity index (χ0n) is 8.48. The van der Waals surface area contributed by atoms with Gasteiger partial charge in [0, 0.05) is 5.57 Å². The van der Waals surface area contributed by atoms with Crippen LogP contribution in [0.3, 0.4) is 0 Å². The van der Waals surface area contributed by atoms with Gasteiger partial charge in [-0.3, -0.25) is 4.98 Å². The minimum absolute atomic E-state index is 0.227. The molecule has 0 aliphatic heterocycles. The molecule has 0 amide bonds. The van der Waals surface area contributed by atoms with Crippen molar-refractivity contribution in [3.8, 4) is 0 Å². The predicted molar refractivity (Wildman–Crippen MR) is 58.1 cm³/mol. The van der Waals surface area contributed by atoms with E-state index in [9.17, 15) is 9.59 Å². The number of fused-ring (bicyclic) bond motifs is 1. The number of nitrogens with one attached hydrogen (secondary N) is 1. The summed E-state index contributed by atoms with van der Waals surface area (Å²) in [5, 5.41) is 8.72. The SMILES string of the molecule is C/C(=C\c1ccc2oc(=O)[nH]c2c1)C(=O)O. The summed E-state index contributed by atoms with van der Waals surface area (Å²) in [6.07, 6.45) is 1.52. The molecule has 5 heteroatoms. The Hall–Kier alpha value is -2.30. The standard InChI is InChI=1S/C11H9NO4/c1-6(10(13)14)4-7-2-3-9-8(5-7)12-11(15)16-9/h2-5H,1H3,(H,12,15)(H,13,14)/b6-4+. The van der Waals surface area contributed by atoms with Crippen LogP contribution in [0.15, 0.2) is 33.0 Å². The number of hydrogen-bond donors (Lipinski definition) is 2. The Morgan fingerprint density at radius 1 is 1.50 bits per heavy atom. The highest BCUT2D eigenvalue weighted by molar-refractivity contribution is 5.92. The molecular weight excluding hydrogens is 210 g/mol. The lowest BCUT2D eigenvalue weighted by Gasteiger charge is -1.95. The second-order valence-corrected chi connectivity index (χ2v) is 3.40. The molecular formula is C11H9NO4. The lowest BCUT2D eigenvalue weighted by atomic mass is 10.1. The quantitative estimate of drug-likeness (QED) is 0.751. The molecule has 0 saturated heterocycles. The van der Waals surface area contributed by atoms with Gasteiger partial charge in [-0.15, -0.1) is 0 Å². The summed E-state index contributed by atoms with van der Waals surface area (Å²) in [6, 6.07) is 4.96. The Labute approximate surface area is 90.0 Å². The number of benzene rings is 1. The van der Waals surface area contributed by atoms with Crippen LogP contribution in [0.1, 0.15) is 12.5 Å². The van der Waals surface area contributed by atoms with E-state index in [1.54, 1.807) is 18.2 Å². The molecule has 5 nitrogen and oxygen atoms in total. The number of rotatable bonds is 2. The molecule has 0 unspecified atom stereocenters. The molecule has 2 rings (SSSR count). The van der Waals surface area contributed by atoms with Crippen LogP contribution in [0.25, 0.3) is 17.2 Å². The van der Waals surface area contributed by atoms with Gasteiger partial charge in [0.05, 0.1) is 5.52 Å². The van der Waals surface area contributed by atoms with Crippen molar-refractivity contribution in [2.45, 2.75) is 6.92 Å². The molecule has 0 saturated carbocycles. The average molecular weight is 219 g/mol. The van der Waals surface area contributed by atoms with E-state index in [4.69, 9.17) is 9.52 Å². The largest absolute Gasteiger partial charge is 0.478 e. The van der Waals surface area contributed by atoms with E-state index in [2.05, 4.69) is 4.98 Å². The summed E-state index contributed by atoms with van der Waals surface area (Å²) in [6.45, 7) is 1.50. The summed E-state index contributed by atoms with van der Waals surface area (Å²) in [5.41, 5.74) is 1.93. The van der Waals surface area contributed by atoms with Crippen LogP contribution >= 0.6 is 0 Å². The van der Waals surface area contributed by atoms with Gasteiger partial charge in [0.25, 0.3) is 0 Å². The van der Waals surface area contributed by atoms with Gasteiger partial charge in [0.2, 0.25) is 0 Å². The van der Waals surface area contributed by atoms with E-state index in [0.717, 1.165) is 0 Å². The molecule has 2 N–H and O–H groups in total. The Morgan fingerprint density at radius 2 is 2.25 bits per heavy atom. The molecule has 0 bridgehead atoms. The highest BCUT2D eigenvalue weighted by Gasteiger charge is 2.03. The summed E-state index contributed by atoms with van der Waals surface area (Å²) >= 11 is 0. The van der Waals surface area contributed by atoms with Gasteiger partial charge in [0.1, 0.15) is 0 Å². The summed E-state index contributed by atoms with van der Waals surface area (Å²) < 4.78 is 4.83. The number of aliphatic carboxylic acids is 1. The maximum absolute atomic E-state index is 10.9. The number of carboxylic acids is 1. The number of aromatic amines is 1. The van der Waals surface area contributed by atoms with E-state index in [1.807, 2.05) is 0 Å². The van der Waals surface area contributed by atoms with Crippen LogP contribution < -0.4 is 5.76 Å². The van der Waals surface area contributed by atoms with Gasteiger partial charge >= 0.3 is 11.7 Å². The number of aromatic nitrogens is 1. The monoisotopic (exact) mass is 219 g/mol. The first-order valence-electron chi connectivity index (χ1n) is 4.61. The maximum Gasteiger partial charge on any atom is 0.417 e. The van der Waals surface area contributed by atoms with Gasteiger partial charge in [-0.05, 0) is 30.7 Å². The Kier molecular flexibility index (Phi) is 2.36. The van der Waals surface area contributed by atoms with Crippen molar-refractivity contribution in [3.05, 3.63) is 39.9 Å². The van der Waals surface area contributed by atoms with E-state index in [1.165, 1.54) is 13.0 Å². The maximum atomic E-state index is 10.9. The highest BCUT2D eigenvalue weighted by atomic mass is 16.4. The summed E-state index contributed by atoms with van der Waals surface area (Å²) in [5.74, 6) is -1.49. The van der Waals surface area contributed by atoms with Crippen molar-refractivity contribution < 1.29 is 14.3 Å². The van der Waals surface area contributed by atoms with Crippen LogP contribution in [0, 0.1) is 0 Å². The normalized spacial score (nSPS) is 11.9. The summed E-state index contributed by atoms with van der Waals surface area (Å²) in [4.78, 5) is 24.0. The van der Waals surface area contributed by atoms with Gasteiger partial charge in [-0.25, -0.2) is 9.59 Å². The van der Waals surface area contributed by atoms with E-state index in [0.29, 0.717) is 16.7 Å². The smallest absolute Gasteiger partial charge is 0.417 e. The molecule has 1 heterocycles. The van der Waals surface area contributed by atoms with Crippen molar-refractivity contribution >= 4 is 23.1 Å². The van der Waals surface area contributed by atoms with Crippen LogP contribution in [-0.2, 0) is 4.79 Å². The number of hydrogen-bond acceptors (Lipinski definition) is 3. The minimum atomic E-state index is -0.971. The Bertz CT molecular complexity index is 633. The van der Waals surface area contributed by atoms with Crippen molar-refractivity contribution in [1.29, 1.82) is 0 Å². The van der Waals surface area contributed by atoms with Gasteiger partial charge in [-0.2, -0.15) is 0 Å². The number of carboxylic acid groups (broad SMARTS) is 1. The number of carbonyl (C=O) groups is 1. The first-order valence-corrected chi connectivity index (χ1v) is 4.61. The fourth-order valence-corrected chi connectivity index (χ4v) is 1.37. The van der Waals surface area contributed by atoms with E-state index < -0.39 is 11.7 Å². The zero-order valence-corrected chi connectivity index (χ0v) is 8.48. The third kappa shape index (κ3) is 1.88. The second-order valence-electron chi connectivity index (χ2n) is 3.40. The number of H-pyrrole nitrogens is 1. The fraction of sp³-hybridized carbons (Fsp3) is 0.0909. The average Bonchev–Trinajstić information content (AvgIpc) is 2.57. The van der Waals surface area contributed by atoms with Crippen LogP contribution in [-0.4, -0.2) is 16.1 Å². The molecule has 2 aromatic rings. The van der Waals surface area contributed by atoms with Crippen LogP contribution in [0.4, 0.5) is 0 Å². The molecule has 0 atom stereocenters. The van der Waals surface area contributed by atoms with Gasteiger partial charge in [-0.1, -0.05) is 6.07 Å². The van der Waals surface area contributed by atoms with Gasteiger partial charge in [0.15, 0.2) is 5.58 Å². The Balaban J connectivity index is 2.51. The third-order valence-electron chi connectivity index (χ3n) is 2.16. The molecule has 16 heavy (non-hydrogen) atoms. The topological polar surface area (TPSA) is 83.3 Å². The molecule has 0 aliphatic carbocycles. The van der Waals surface area contributed by atoms with E-state index >= 15 is 0 Å². The fourth-order valence-electron chi connectivity index (χ4n) is 1.37. The Morgan fingerprint density at radius 3 is 2.94 bits per heavy atom. The van der Waals surface area contributed by atoms with Crippen molar-refractivity contribution in [1.82, 2.24) is 4.98 Å². The van der Waals surface area contributed by atoms with E-state index in [-0.39, 0.29) is 5.57 Å². The molecule has 1 aromatic carbocycles. The minimum Gasteiger partial charge on any atom is -0.478 e. The molecule has 0 spiro atoms. The first kappa shape index (κ1) is 10.2.